The average molecular weight is 382 g/mol. The van der Waals surface area contributed by atoms with E-state index in [1.54, 1.807) is 4.68 Å². The molecule has 26 heavy (non-hydrogen) atoms. The van der Waals surface area contributed by atoms with Crippen molar-refractivity contribution in [2.45, 2.75) is 0 Å². The fraction of sp³-hybridized carbons (Fsp3) is 0. The van der Waals surface area contributed by atoms with Crippen LogP contribution in [0.3, 0.4) is 0 Å². The molecule has 2 aromatic heterocycles. The van der Waals surface area contributed by atoms with Crippen LogP contribution in [-0.4, -0.2) is 25.8 Å². The summed E-state index contributed by atoms with van der Waals surface area (Å²) in [5, 5.41) is 16.2. The maximum absolute atomic E-state index is 11.2. The van der Waals surface area contributed by atoms with Gasteiger partial charge in [-0.15, -0.1) is 11.3 Å². The number of halogens is 1. The van der Waals surface area contributed by atoms with Gasteiger partial charge in [-0.2, -0.15) is 5.10 Å². The number of nitrogens with zero attached hydrogens (tertiary/aromatic N) is 3. The summed E-state index contributed by atoms with van der Waals surface area (Å²) in [6.07, 6.45) is 0. The van der Waals surface area contributed by atoms with E-state index in [0.717, 1.165) is 11.1 Å². The van der Waals surface area contributed by atoms with E-state index in [9.17, 15) is 4.79 Å². The number of aromatic nitrogens is 3. The van der Waals surface area contributed by atoms with Crippen LogP contribution in [0.2, 0.25) is 5.02 Å². The maximum Gasteiger partial charge on any atom is 0.355 e. The highest BCUT2D eigenvalue weighted by molar-refractivity contribution is 7.12. The van der Waals surface area contributed by atoms with Crippen molar-refractivity contribution in [1.82, 2.24) is 14.8 Å². The van der Waals surface area contributed by atoms with E-state index in [1.807, 2.05) is 60.7 Å². The lowest BCUT2D eigenvalue weighted by atomic mass is 10.1. The Balaban J connectivity index is 1.96. The van der Waals surface area contributed by atoms with Crippen molar-refractivity contribution in [2.24, 2.45) is 0 Å². The molecule has 0 unspecified atom stereocenters. The zero-order chi connectivity index (χ0) is 18.1. The van der Waals surface area contributed by atoms with Gasteiger partial charge in [0, 0.05) is 16.5 Å². The Morgan fingerprint density at radius 1 is 1.00 bits per heavy atom. The lowest BCUT2D eigenvalue weighted by Crippen LogP contribution is -2.01. The van der Waals surface area contributed by atoms with Crippen molar-refractivity contribution in [1.29, 1.82) is 0 Å². The number of carboxylic acids is 1. The normalized spacial score (nSPS) is 10.8. The Labute approximate surface area is 158 Å². The Morgan fingerprint density at radius 3 is 2.19 bits per heavy atom. The number of hydrogen-bond acceptors (Lipinski definition) is 4. The molecular formula is C19H12ClN3O2S. The van der Waals surface area contributed by atoms with E-state index in [0.29, 0.717) is 21.5 Å². The molecule has 0 atom stereocenters. The summed E-state index contributed by atoms with van der Waals surface area (Å²) in [6.45, 7) is 0. The van der Waals surface area contributed by atoms with Crippen LogP contribution in [0.15, 0.2) is 66.0 Å². The molecule has 128 valence electrons. The molecule has 0 spiro atoms. The summed E-state index contributed by atoms with van der Waals surface area (Å²) in [6, 6.07) is 19.2. The molecule has 1 N–H and O–H groups in total. The molecule has 4 aromatic rings. The summed E-state index contributed by atoms with van der Waals surface area (Å²) in [4.78, 5) is 15.4. The fourth-order valence-corrected chi connectivity index (χ4v) is 3.71. The Hall–Kier alpha value is -2.96. The molecule has 0 aliphatic heterocycles. The second-order valence-corrected chi connectivity index (χ2v) is 6.69. The predicted octanol–water partition coefficient (Wildman–Crippen LogP) is 5.01. The number of thiazole rings is 1. The SMILES string of the molecule is O=C(O)c1csc(-n2nc(-c3ccccc3)c(Cl)c2-c2ccccc2)n1. The van der Waals surface area contributed by atoms with Gasteiger partial charge in [-0.1, -0.05) is 72.3 Å². The summed E-state index contributed by atoms with van der Waals surface area (Å²) in [5.74, 6) is -1.07. The summed E-state index contributed by atoms with van der Waals surface area (Å²) in [7, 11) is 0. The summed E-state index contributed by atoms with van der Waals surface area (Å²) in [5.41, 5.74) is 3.04. The minimum atomic E-state index is -1.07. The second-order valence-electron chi connectivity index (χ2n) is 5.48. The number of hydrogen-bond donors (Lipinski definition) is 1. The van der Waals surface area contributed by atoms with E-state index < -0.39 is 5.97 Å². The van der Waals surface area contributed by atoms with Crippen molar-refractivity contribution in [3.05, 3.63) is 76.8 Å². The van der Waals surface area contributed by atoms with Gasteiger partial charge in [0.05, 0.1) is 10.7 Å². The van der Waals surface area contributed by atoms with Crippen LogP contribution < -0.4 is 0 Å². The number of carbonyl (C=O) groups is 1. The Kier molecular flexibility index (Phi) is 4.28. The van der Waals surface area contributed by atoms with Gasteiger partial charge in [0.15, 0.2) is 5.69 Å². The summed E-state index contributed by atoms with van der Waals surface area (Å²) >= 11 is 7.90. The third-order valence-electron chi connectivity index (χ3n) is 3.81. The first-order valence-corrected chi connectivity index (χ1v) is 8.99. The van der Waals surface area contributed by atoms with Crippen molar-refractivity contribution < 1.29 is 9.90 Å². The molecule has 7 heteroatoms. The van der Waals surface area contributed by atoms with Gasteiger partial charge >= 0.3 is 5.97 Å². The molecule has 0 bridgehead atoms. The van der Waals surface area contributed by atoms with Gasteiger partial charge in [0.1, 0.15) is 5.69 Å². The molecule has 2 heterocycles. The van der Waals surface area contributed by atoms with Gasteiger partial charge in [-0.05, 0) is 0 Å². The van der Waals surface area contributed by atoms with Crippen LogP contribution in [0.4, 0.5) is 0 Å². The molecular weight excluding hydrogens is 370 g/mol. The molecule has 0 radical (unpaired) electrons. The van der Waals surface area contributed by atoms with Gasteiger partial charge in [-0.25, -0.2) is 14.5 Å². The van der Waals surface area contributed by atoms with Crippen molar-refractivity contribution in [3.8, 4) is 27.6 Å². The van der Waals surface area contributed by atoms with E-state index in [4.69, 9.17) is 16.7 Å². The van der Waals surface area contributed by atoms with Crippen molar-refractivity contribution in [3.63, 3.8) is 0 Å². The minimum absolute atomic E-state index is 0.0168. The highest BCUT2D eigenvalue weighted by Gasteiger charge is 2.22. The minimum Gasteiger partial charge on any atom is -0.476 e. The molecule has 5 nitrogen and oxygen atoms in total. The molecule has 0 aliphatic carbocycles. The molecule has 0 amide bonds. The lowest BCUT2D eigenvalue weighted by Gasteiger charge is -2.04. The molecule has 0 aliphatic rings. The highest BCUT2D eigenvalue weighted by Crippen LogP contribution is 2.38. The van der Waals surface area contributed by atoms with Crippen LogP contribution in [0.1, 0.15) is 10.5 Å². The Morgan fingerprint density at radius 2 is 1.62 bits per heavy atom. The third kappa shape index (κ3) is 2.89. The van der Waals surface area contributed by atoms with Gasteiger partial charge in [-0.3, -0.25) is 0 Å². The van der Waals surface area contributed by atoms with Gasteiger partial charge in [0.2, 0.25) is 5.13 Å². The maximum atomic E-state index is 11.2. The lowest BCUT2D eigenvalue weighted by molar-refractivity contribution is 0.0691. The summed E-state index contributed by atoms with van der Waals surface area (Å²) < 4.78 is 1.61. The molecule has 4 rings (SSSR count). The first kappa shape index (κ1) is 16.5. The van der Waals surface area contributed by atoms with Gasteiger partial charge < -0.3 is 5.11 Å². The monoisotopic (exact) mass is 381 g/mol. The fourth-order valence-electron chi connectivity index (χ4n) is 2.62. The van der Waals surface area contributed by atoms with Crippen LogP contribution >= 0.6 is 22.9 Å². The smallest absolute Gasteiger partial charge is 0.355 e. The van der Waals surface area contributed by atoms with Crippen LogP contribution in [0.25, 0.3) is 27.6 Å². The first-order chi connectivity index (χ1) is 12.6. The molecule has 0 saturated heterocycles. The zero-order valence-corrected chi connectivity index (χ0v) is 14.9. The third-order valence-corrected chi connectivity index (χ3v) is 4.99. The van der Waals surface area contributed by atoms with Crippen LogP contribution in [0, 0.1) is 0 Å². The van der Waals surface area contributed by atoms with Gasteiger partial charge in [0.25, 0.3) is 0 Å². The van der Waals surface area contributed by atoms with E-state index in [1.165, 1.54) is 16.7 Å². The topological polar surface area (TPSA) is 68.0 Å². The number of aromatic carboxylic acids is 1. The second kappa shape index (κ2) is 6.74. The predicted molar refractivity (Wildman–Crippen MR) is 102 cm³/mol. The molecule has 2 aromatic carbocycles. The van der Waals surface area contributed by atoms with Crippen molar-refractivity contribution in [2.75, 3.05) is 0 Å². The van der Waals surface area contributed by atoms with E-state index in [-0.39, 0.29) is 5.69 Å². The number of rotatable bonds is 4. The average Bonchev–Trinajstić information content (AvgIpc) is 3.28. The highest BCUT2D eigenvalue weighted by atomic mass is 35.5. The van der Waals surface area contributed by atoms with E-state index in [2.05, 4.69) is 10.1 Å². The standard InChI is InChI=1S/C19H12ClN3O2S/c20-15-16(12-7-3-1-4-8-12)22-23(17(15)13-9-5-2-6-10-13)19-21-14(11-26-19)18(24)25/h1-11H,(H,24,25). The van der Waals surface area contributed by atoms with Crippen LogP contribution in [0.5, 0.6) is 0 Å². The molecule has 0 fully saturated rings. The first-order valence-electron chi connectivity index (χ1n) is 7.73. The number of carboxylic acid groups (broad SMARTS) is 1. The quantitative estimate of drug-likeness (QED) is 0.539. The molecule has 0 saturated carbocycles. The zero-order valence-electron chi connectivity index (χ0n) is 13.3. The van der Waals surface area contributed by atoms with E-state index >= 15 is 0 Å². The largest absolute Gasteiger partial charge is 0.476 e. The van der Waals surface area contributed by atoms with Crippen LogP contribution in [-0.2, 0) is 0 Å². The number of benzene rings is 2. The van der Waals surface area contributed by atoms with Crippen molar-refractivity contribution >= 4 is 28.9 Å². The Bertz CT molecular complexity index is 1070.